The Hall–Kier alpha value is -1.55. The maximum atomic E-state index is 11.2. The van der Waals surface area contributed by atoms with E-state index in [-0.39, 0.29) is 11.7 Å². The van der Waals surface area contributed by atoms with E-state index < -0.39 is 0 Å². The average Bonchev–Trinajstić information content (AvgIpc) is 2.59. The summed E-state index contributed by atoms with van der Waals surface area (Å²) in [4.78, 5) is 11.7. The summed E-state index contributed by atoms with van der Waals surface area (Å²) in [6.45, 7) is 0. The van der Waals surface area contributed by atoms with Crippen LogP contribution >= 0.6 is 11.3 Å². The highest BCUT2D eigenvalue weighted by Crippen LogP contribution is 2.28. The number of esters is 1. The van der Waals surface area contributed by atoms with Crippen molar-refractivity contribution in [3.8, 4) is 5.75 Å². The number of carbonyl (C=O) groups is 1. The van der Waals surface area contributed by atoms with Crippen LogP contribution < -0.4 is 0 Å². The minimum Gasteiger partial charge on any atom is -0.508 e. The summed E-state index contributed by atoms with van der Waals surface area (Å²) in [5.74, 6) is -0.141. The Morgan fingerprint density at radius 3 is 2.93 bits per heavy atom. The molecule has 1 aromatic heterocycles. The topological polar surface area (TPSA) is 46.5 Å². The summed E-state index contributed by atoms with van der Waals surface area (Å²) in [7, 11) is 1.35. The van der Waals surface area contributed by atoms with Crippen molar-refractivity contribution < 1.29 is 14.6 Å². The summed E-state index contributed by atoms with van der Waals surface area (Å²) >= 11 is 1.35. The van der Waals surface area contributed by atoms with E-state index in [1.165, 1.54) is 18.4 Å². The largest absolute Gasteiger partial charge is 0.508 e. The molecular weight excluding hydrogens is 200 g/mol. The second-order valence-electron chi connectivity index (χ2n) is 2.82. The van der Waals surface area contributed by atoms with Gasteiger partial charge in [0.25, 0.3) is 0 Å². The van der Waals surface area contributed by atoms with Gasteiger partial charge in [0.1, 0.15) is 10.6 Å². The molecule has 0 amide bonds. The van der Waals surface area contributed by atoms with Crippen molar-refractivity contribution in [2.24, 2.45) is 0 Å². The Morgan fingerprint density at radius 2 is 2.21 bits per heavy atom. The molecule has 0 saturated heterocycles. The zero-order valence-corrected chi connectivity index (χ0v) is 8.30. The molecular formula is C10H8O3S. The molecule has 3 nitrogen and oxygen atoms in total. The number of hydrogen-bond donors (Lipinski definition) is 1. The molecule has 1 N–H and O–H groups in total. The van der Waals surface area contributed by atoms with Crippen LogP contribution in [0.1, 0.15) is 9.67 Å². The first-order valence-corrected chi connectivity index (χ1v) is 4.83. The number of hydrogen-bond acceptors (Lipinski definition) is 4. The van der Waals surface area contributed by atoms with E-state index in [1.54, 1.807) is 24.3 Å². The molecule has 0 spiro atoms. The monoisotopic (exact) mass is 208 g/mol. The molecule has 4 heteroatoms. The summed E-state index contributed by atoms with van der Waals surface area (Å²) < 4.78 is 5.57. The van der Waals surface area contributed by atoms with Crippen molar-refractivity contribution in [3.63, 3.8) is 0 Å². The van der Waals surface area contributed by atoms with Gasteiger partial charge < -0.3 is 9.84 Å². The third kappa shape index (κ3) is 1.44. The molecule has 0 radical (unpaired) electrons. The Labute approximate surface area is 84.6 Å². The third-order valence-corrected chi connectivity index (χ3v) is 2.98. The van der Waals surface area contributed by atoms with E-state index >= 15 is 0 Å². The van der Waals surface area contributed by atoms with Crippen LogP contribution in [0.4, 0.5) is 0 Å². The summed E-state index contributed by atoms with van der Waals surface area (Å²) in [6.07, 6.45) is 0. The number of ether oxygens (including phenoxy) is 1. The quantitative estimate of drug-likeness (QED) is 0.732. The van der Waals surface area contributed by atoms with E-state index in [0.29, 0.717) is 4.88 Å². The maximum Gasteiger partial charge on any atom is 0.348 e. The Kier molecular flexibility index (Phi) is 2.13. The van der Waals surface area contributed by atoms with Gasteiger partial charge in [-0.1, -0.05) is 0 Å². The van der Waals surface area contributed by atoms with Crippen LogP contribution in [0.2, 0.25) is 0 Å². The van der Waals surface area contributed by atoms with Gasteiger partial charge in [0, 0.05) is 4.70 Å². The Morgan fingerprint density at radius 1 is 1.43 bits per heavy atom. The predicted octanol–water partition coefficient (Wildman–Crippen LogP) is 2.39. The molecule has 1 heterocycles. The highest BCUT2D eigenvalue weighted by atomic mass is 32.1. The van der Waals surface area contributed by atoms with Crippen LogP contribution in [-0.2, 0) is 4.74 Å². The molecule has 0 aliphatic rings. The lowest BCUT2D eigenvalue weighted by atomic mass is 10.2. The normalized spacial score (nSPS) is 10.4. The van der Waals surface area contributed by atoms with Gasteiger partial charge in [-0.25, -0.2) is 4.79 Å². The Bertz CT molecular complexity index is 487. The summed E-state index contributed by atoms with van der Waals surface area (Å²) in [5, 5.41) is 10.1. The molecule has 0 unspecified atom stereocenters. The van der Waals surface area contributed by atoms with Crippen LogP contribution in [-0.4, -0.2) is 18.2 Å². The number of thiophene rings is 1. The second kappa shape index (κ2) is 3.31. The molecule has 2 rings (SSSR count). The van der Waals surface area contributed by atoms with Crippen molar-refractivity contribution in [2.75, 3.05) is 7.11 Å². The fraction of sp³-hybridized carbons (Fsp3) is 0.100. The van der Waals surface area contributed by atoms with Gasteiger partial charge in [-0.05, 0) is 29.7 Å². The number of methoxy groups -OCH3 is 1. The van der Waals surface area contributed by atoms with E-state index in [9.17, 15) is 9.90 Å². The molecule has 0 fully saturated rings. The predicted molar refractivity (Wildman–Crippen MR) is 54.8 cm³/mol. The van der Waals surface area contributed by atoms with Crippen LogP contribution in [0, 0.1) is 0 Å². The number of fused-ring (bicyclic) bond motifs is 1. The van der Waals surface area contributed by atoms with Crippen molar-refractivity contribution in [2.45, 2.75) is 0 Å². The maximum absolute atomic E-state index is 11.2. The number of phenolic OH excluding ortho intramolecular Hbond substituents is 1. The smallest absolute Gasteiger partial charge is 0.348 e. The lowest BCUT2D eigenvalue weighted by Crippen LogP contribution is -1.96. The SMILES string of the molecule is COC(=O)c1cc2cc(O)ccc2s1. The summed E-state index contributed by atoms with van der Waals surface area (Å²) in [5.41, 5.74) is 0. The van der Waals surface area contributed by atoms with Gasteiger partial charge in [-0.15, -0.1) is 11.3 Å². The second-order valence-corrected chi connectivity index (χ2v) is 3.91. The molecule has 14 heavy (non-hydrogen) atoms. The molecule has 0 atom stereocenters. The minimum atomic E-state index is -0.342. The zero-order valence-electron chi connectivity index (χ0n) is 7.48. The van der Waals surface area contributed by atoms with Gasteiger partial charge in [0.05, 0.1) is 7.11 Å². The van der Waals surface area contributed by atoms with Crippen LogP contribution in [0.5, 0.6) is 5.75 Å². The molecule has 2 aromatic rings. The van der Waals surface area contributed by atoms with E-state index in [2.05, 4.69) is 4.74 Å². The molecule has 72 valence electrons. The van der Waals surface area contributed by atoms with Crippen molar-refractivity contribution in [1.82, 2.24) is 0 Å². The van der Waals surface area contributed by atoms with Gasteiger partial charge in [0.15, 0.2) is 0 Å². The lowest BCUT2D eigenvalue weighted by molar-refractivity contribution is 0.0606. The lowest BCUT2D eigenvalue weighted by Gasteiger charge is -1.90. The minimum absolute atomic E-state index is 0.201. The van der Waals surface area contributed by atoms with Crippen LogP contribution in [0.15, 0.2) is 24.3 Å². The van der Waals surface area contributed by atoms with Gasteiger partial charge in [-0.2, -0.15) is 0 Å². The van der Waals surface area contributed by atoms with E-state index in [1.807, 2.05) is 0 Å². The van der Waals surface area contributed by atoms with E-state index in [0.717, 1.165) is 10.1 Å². The molecule has 0 bridgehead atoms. The number of aromatic hydroxyl groups is 1. The van der Waals surface area contributed by atoms with Gasteiger partial charge in [-0.3, -0.25) is 0 Å². The number of phenols is 1. The van der Waals surface area contributed by atoms with Gasteiger partial charge >= 0.3 is 5.97 Å². The number of rotatable bonds is 1. The standard InChI is InChI=1S/C10H8O3S/c1-13-10(12)9-5-6-4-7(11)2-3-8(6)14-9/h2-5,11H,1H3. The van der Waals surface area contributed by atoms with Crippen molar-refractivity contribution in [3.05, 3.63) is 29.1 Å². The highest BCUT2D eigenvalue weighted by Gasteiger charge is 2.09. The summed E-state index contributed by atoms with van der Waals surface area (Å²) in [6, 6.07) is 6.71. The fourth-order valence-corrected chi connectivity index (χ4v) is 2.19. The third-order valence-electron chi connectivity index (χ3n) is 1.89. The average molecular weight is 208 g/mol. The van der Waals surface area contributed by atoms with Crippen molar-refractivity contribution in [1.29, 1.82) is 0 Å². The molecule has 0 aliphatic heterocycles. The highest BCUT2D eigenvalue weighted by molar-refractivity contribution is 7.20. The van der Waals surface area contributed by atoms with Gasteiger partial charge in [0.2, 0.25) is 0 Å². The zero-order chi connectivity index (χ0) is 10.1. The first-order valence-electron chi connectivity index (χ1n) is 4.01. The number of carbonyl (C=O) groups excluding carboxylic acids is 1. The van der Waals surface area contributed by atoms with Crippen LogP contribution in [0.3, 0.4) is 0 Å². The molecule has 0 aliphatic carbocycles. The van der Waals surface area contributed by atoms with E-state index in [4.69, 9.17) is 0 Å². The van der Waals surface area contributed by atoms with Crippen molar-refractivity contribution >= 4 is 27.4 Å². The fourth-order valence-electron chi connectivity index (χ4n) is 1.23. The Balaban J connectivity index is 2.56. The first kappa shape index (κ1) is 9.02. The van der Waals surface area contributed by atoms with Crippen LogP contribution in [0.25, 0.3) is 10.1 Å². The molecule has 0 saturated carbocycles. The first-order chi connectivity index (χ1) is 6.70. The number of benzene rings is 1. The molecule has 1 aromatic carbocycles.